The van der Waals surface area contributed by atoms with E-state index >= 15 is 0 Å². The molecule has 0 amide bonds. The molecule has 5 rings (SSSR count). The summed E-state index contributed by atoms with van der Waals surface area (Å²) >= 11 is 0. The Bertz CT molecular complexity index is 1140. The minimum atomic E-state index is 0.978. The van der Waals surface area contributed by atoms with Crippen LogP contribution < -0.4 is 0 Å². The highest BCUT2D eigenvalue weighted by atomic mass is 14.7. The quantitative estimate of drug-likeness (QED) is 0.329. The van der Waals surface area contributed by atoms with E-state index in [1.165, 1.54) is 0 Å². The molecule has 0 saturated carbocycles. The van der Waals surface area contributed by atoms with Crippen LogP contribution in [0, 0.1) is 0 Å². The molecule has 0 unspecified atom stereocenters. The zero-order valence-electron chi connectivity index (χ0n) is 16.4. The molecule has 0 bridgehead atoms. The predicted molar refractivity (Wildman–Crippen MR) is 124 cm³/mol. The molecule has 0 atom stereocenters. The molecule has 0 saturated heterocycles. The van der Waals surface area contributed by atoms with Crippen molar-refractivity contribution >= 4 is 0 Å². The van der Waals surface area contributed by atoms with Crippen molar-refractivity contribution in [2.45, 2.75) is 0 Å². The molecular weight excluding hydrogens is 364 g/mol. The van der Waals surface area contributed by atoms with Crippen LogP contribution in [-0.4, -0.2) is 9.97 Å². The molecule has 2 nitrogen and oxygen atoms in total. The second-order valence-corrected chi connectivity index (χ2v) is 7.14. The van der Waals surface area contributed by atoms with Crippen LogP contribution in [-0.2, 0) is 0 Å². The third-order valence-corrected chi connectivity index (χ3v) is 5.22. The van der Waals surface area contributed by atoms with Crippen molar-refractivity contribution in [1.29, 1.82) is 0 Å². The topological polar surface area (TPSA) is 25.8 Å². The number of aromatic nitrogens is 2. The Morgan fingerprint density at radius 1 is 0.333 bits per heavy atom. The van der Waals surface area contributed by atoms with E-state index in [1.54, 1.807) is 0 Å². The van der Waals surface area contributed by atoms with Crippen molar-refractivity contribution in [3.63, 3.8) is 0 Å². The van der Waals surface area contributed by atoms with Crippen molar-refractivity contribution in [2.24, 2.45) is 0 Å². The molecule has 5 aromatic rings. The van der Waals surface area contributed by atoms with E-state index in [4.69, 9.17) is 9.97 Å². The van der Waals surface area contributed by atoms with Gasteiger partial charge in [-0.05, 0) is 23.3 Å². The van der Waals surface area contributed by atoms with Gasteiger partial charge in [-0.1, -0.05) is 97.1 Å². The first-order chi connectivity index (χ1) is 14.9. The van der Waals surface area contributed by atoms with Crippen molar-refractivity contribution in [1.82, 2.24) is 9.97 Å². The van der Waals surface area contributed by atoms with E-state index in [9.17, 15) is 0 Å². The lowest BCUT2D eigenvalue weighted by atomic mass is 9.95. The van der Waals surface area contributed by atoms with Crippen molar-refractivity contribution in [2.75, 3.05) is 0 Å². The van der Waals surface area contributed by atoms with Crippen molar-refractivity contribution in [3.8, 4) is 44.8 Å². The van der Waals surface area contributed by atoms with Gasteiger partial charge in [-0.25, -0.2) is 0 Å². The van der Waals surface area contributed by atoms with E-state index in [2.05, 4.69) is 72.8 Å². The van der Waals surface area contributed by atoms with Gasteiger partial charge in [0.2, 0.25) is 0 Å². The molecule has 0 aliphatic heterocycles. The van der Waals surface area contributed by atoms with E-state index < -0.39 is 0 Å². The average molecular weight is 384 g/mol. The predicted octanol–water partition coefficient (Wildman–Crippen LogP) is 7.14. The monoisotopic (exact) mass is 384 g/mol. The molecular formula is C28H20N2. The van der Waals surface area contributed by atoms with E-state index in [-0.39, 0.29) is 0 Å². The summed E-state index contributed by atoms with van der Waals surface area (Å²) in [5, 5.41) is 0. The maximum atomic E-state index is 4.70. The lowest BCUT2D eigenvalue weighted by Crippen LogP contribution is -1.89. The molecule has 2 aromatic heterocycles. The third kappa shape index (κ3) is 3.63. The lowest BCUT2D eigenvalue weighted by Gasteiger charge is -2.11. The van der Waals surface area contributed by atoms with Crippen molar-refractivity contribution in [3.05, 3.63) is 122 Å². The Kier molecular flexibility index (Phi) is 4.89. The summed E-state index contributed by atoms with van der Waals surface area (Å²) in [6.45, 7) is 0. The zero-order chi connectivity index (χ0) is 20.2. The first-order valence-corrected chi connectivity index (χ1v) is 10.0. The summed E-state index contributed by atoms with van der Waals surface area (Å²) in [5.74, 6) is 0. The van der Waals surface area contributed by atoms with Gasteiger partial charge in [-0.15, -0.1) is 0 Å². The fraction of sp³-hybridized carbons (Fsp3) is 0. The van der Waals surface area contributed by atoms with E-state index in [0.717, 1.165) is 44.8 Å². The molecule has 0 aliphatic rings. The second kappa shape index (κ2) is 8.14. The third-order valence-electron chi connectivity index (χ3n) is 5.22. The Labute approximate surface area is 176 Å². The molecule has 30 heavy (non-hydrogen) atoms. The number of rotatable bonds is 4. The molecule has 0 fully saturated rings. The van der Waals surface area contributed by atoms with Crippen molar-refractivity contribution < 1.29 is 0 Å². The molecule has 0 radical (unpaired) electrons. The Morgan fingerprint density at radius 2 is 0.733 bits per heavy atom. The summed E-state index contributed by atoms with van der Waals surface area (Å²) in [6.07, 6.45) is 3.90. The maximum absolute atomic E-state index is 4.70. The summed E-state index contributed by atoms with van der Waals surface area (Å²) in [4.78, 5) is 9.40. The van der Waals surface area contributed by atoms with Gasteiger partial charge in [-0.2, -0.15) is 0 Å². The minimum Gasteiger partial charge on any atom is -0.256 e. The smallest absolute Gasteiger partial charge is 0.0702 e. The molecule has 2 heteroatoms. The highest BCUT2D eigenvalue weighted by Crippen LogP contribution is 2.32. The molecule has 2 heterocycles. The van der Waals surface area contributed by atoms with Crippen LogP contribution in [0.3, 0.4) is 0 Å². The molecule has 0 N–H and O–H groups in total. The van der Waals surface area contributed by atoms with Crippen LogP contribution >= 0.6 is 0 Å². The summed E-state index contributed by atoms with van der Waals surface area (Å²) in [7, 11) is 0. The van der Waals surface area contributed by atoms with Crippen LogP contribution in [0.4, 0.5) is 0 Å². The first kappa shape index (κ1) is 18.0. The summed E-state index contributed by atoms with van der Waals surface area (Å²) < 4.78 is 0. The van der Waals surface area contributed by atoms with E-state index in [0.29, 0.717) is 0 Å². The zero-order valence-corrected chi connectivity index (χ0v) is 16.4. The molecule has 142 valence electrons. The van der Waals surface area contributed by atoms with Gasteiger partial charge in [0.05, 0.1) is 11.4 Å². The number of pyridine rings is 2. The average Bonchev–Trinajstić information content (AvgIpc) is 2.85. The summed E-state index contributed by atoms with van der Waals surface area (Å²) in [6, 6.07) is 37.3. The highest BCUT2D eigenvalue weighted by molar-refractivity contribution is 5.83. The normalized spacial score (nSPS) is 10.7. The van der Waals surface area contributed by atoms with Gasteiger partial charge in [0, 0.05) is 34.6 Å². The molecule has 3 aromatic carbocycles. The van der Waals surface area contributed by atoms with Crippen LogP contribution in [0.2, 0.25) is 0 Å². The largest absolute Gasteiger partial charge is 0.256 e. The van der Waals surface area contributed by atoms with Gasteiger partial charge >= 0.3 is 0 Å². The minimum absolute atomic E-state index is 0.978. The maximum Gasteiger partial charge on any atom is 0.0702 e. The van der Waals surface area contributed by atoms with Gasteiger partial charge in [-0.3, -0.25) is 9.97 Å². The summed E-state index contributed by atoms with van der Waals surface area (Å²) in [5.41, 5.74) is 8.69. The fourth-order valence-corrected chi connectivity index (χ4v) is 3.65. The number of nitrogens with zero attached hydrogens (tertiary/aromatic N) is 2. The number of hydrogen-bond acceptors (Lipinski definition) is 2. The highest BCUT2D eigenvalue weighted by Gasteiger charge is 2.09. The standard InChI is InChI=1S/C28H20N2/c1-3-9-21(10-4-1)27-17-15-23(19-29-27)25-13-7-8-14-26(25)24-16-18-28(30-20-24)22-11-5-2-6-12-22/h1-20H. The molecule has 0 spiro atoms. The van der Waals surface area contributed by atoms with E-state index in [1.807, 2.05) is 48.8 Å². The Morgan fingerprint density at radius 3 is 1.10 bits per heavy atom. The Balaban J connectivity index is 1.49. The van der Waals surface area contributed by atoms with Gasteiger partial charge in [0.25, 0.3) is 0 Å². The van der Waals surface area contributed by atoms with Gasteiger partial charge in [0.1, 0.15) is 0 Å². The SMILES string of the molecule is c1ccc(-c2ccc(-c3ccccc3-c3ccc(-c4ccccc4)nc3)cn2)cc1. The van der Waals surface area contributed by atoms with Crippen LogP contribution in [0.15, 0.2) is 122 Å². The van der Waals surface area contributed by atoms with Crippen LogP contribution in [0.5, 0.6) is 0 Å². The van der Waals surface area contributed by atoms with Crippen LogP contribution in [0.25, 0.3) is 44.8 Å². The first-order valence-electron chi connectivity index (χ1n) is 10.0. The second-order valence-electron chi connectivity index (χ2n) is 7.14. The fourth-order valence-electron chi connectivity index (χ4n) is 3.65. The molecule has 0 aliphatic carbocycles. The lowest BCUT2D eigenvalue weighted by molar-refractivity contribution is 1.32. The van der Waals surface area contributed by atoms with Gasteiger partial charge < -0.3 is 0 Å². The number of hydrogen-bond donors (Lipinski definition) is 0. The Hall–Kier alpha value is -4.04. The van der Waals surface area contributed by atoms with Crippen LogP contribution in [0.1, 0.15) is 0 Å². The van der Waals surface area contributed by atoms with Gasteiger partial charge in [0.15, 0.2) is 0 Å². The number of benzene rings is 3.